The highest BCUT2D eigenvalue weighted by Gasteiger charge is 2.21. The molecule has 0 bridgehead atoms. The van der Waals surface area contributed by atoms with E-state index in [0.717, 1.165) is 19.4 Å². The smallest absolute Gasteiger partial charge is 0.256 e. The number of carbonyl (C=O) groups is 1. The van der Waals surface area contributed by atoms with Crippen LogP contribution in [0.2, 0.25) is 0 Å². The molecule has 112 valence electrons. The van der Waals surface area contributed by atoms with Crippen LogP contribution in [0.4, 0.5) is 10.1 Å². The number of halogens is 1. The third-order valence-corrected chi connectivity index (χ3v) is 3.80. The molecular formula is C16H25FN2O. The zero-order chi connectivity index (χ0) is 15.1. The summed E-state index contributed by atoms with van der Waals surface area (Å²) in [7, 11) is 1.63. The van der Waals surface area contributed by atoms with Gasteiger partial charge in [-0.05, 0) is 25.0 Å². The summed E-state index contributed by atoms with van der Waals surface area (Å²) in [6.45, 7) is 7.58. The molecular weight excluding hydrogens is 255 g/mol. The van der Waals surface area contributed by atoms with Crippen LogP contribution in [0.1, 0.15) is 44.0 Å². The second-order valence-electron chi connectivity index (χ2n) is 4.94. The highest BCUT2D eigenvalue weighted by molar-refractivity contribution is 5.99. The fourth-order valence-corrected chi connectivity index (χ4v) is 2.34. The fourth-order valence-electron chi connectivity index (χ4n) is 2.34. The minimum atomic E-state index is -0.392. The molecule has 0 atom stereocenters. The lowest BCUT2D eigenvalue weighted by atomic mass is 10.0. The highest BCUT2D eigenvalue weighted by atomic mass is 19.1. The normalized spacial score (nSPS) is 10.7. The number of hydrogen-bond acceptors (Lipinski definition) is 2. The van der Waals surface area contributed by atoms with Gasteiger partial charge in [0.2, 0.25) is 0 Å². The first kappa shape index (κ1) is 16.5. The lowest BCUT2D eigenvalue weighted by Gasteiger charge is -2.26. The van der Waals surface area contributed by atoms with Crippen molar-refractivity contribution in [3.05, 3.63) is 29.6 Å². The molecule has 0 saturated carbocycles. The Bertz CT molecular complexity index is 444. The van der Waals surface area contributed by atoms with E-state index in [9.17, 15) is 9.18 Å². The summed E-state index contributed by atoms with van der Waals surface area (Å²) >= 11 is 0. The van der Waals surface area contributed by atoms with E-state index in [1.54, 1.807) is 24.1 Å². The van der Waals surface area contributed by atoms with Gasteiger partial charge in [-0.25, -0.2) is 4.39 Å². The Morgan fingerprint density at radius 2 is 1.95 bits per heavy atom. The number of nitrogens with one attached hydrogen (secondary N) is 1. The molecule has 1 N–H and O–H groups in total. The summed E-state index contributed by atoms with van der Waals surface area (Å²) in [6, 6.07) is 4.61. The van der Waals surface area contributed by atoms with Gasteiger partial charge < -0.3 is 10.2 Å². The number of rotatable bonds is 7. The molecule has 20 heavy (non-hydrogen) atoms. The van der Waals surface area contributed by atoms with Gasteiger partial charge in [-0.1, -0.05) is 32.8 Å². The average Bonchev–Trinajstić information content (AvgIpc) is 2.47. The Kier molecular flexibility index (Phi) is 6.49. The largest absolute Gasteiger partial charge is 0.385 e. The molecule has 0 aliphatic carbocycles. The van der Waals surface area contributed by atoms with E-state index < -0.39 is 5.82 Å². The van der Waals surface area contributed by atoms with Gasteiger partial charge in [0.25, 0.3) is 5.91 Å². The van der Waals surface area contributed by atoms with Crippen molar-refractivity contribution in [1.82, 2.24) is 4.90 Å². The molecule has 1 aromatic rings. The molecule has 0 aromatic heterocycles. The monoisotopic (exact) mass is 280 g/mol. The van der Waals surface area contributed by atoms with Crippen LogP contribution in [0, 0.1) is 11.7 Å². The number of carbonyl (C=O) groups excluding carboxylic acids is 1. The van der Waals surface area contributed by atoms with Gasteiger partial charge in [-0.2, -0.15) is 0 Å². The molecule has 0 aliphatic heterocycles. The van der Waals surface area contributed by atoms with Crippen LogP contribution in [0.25, 0.3) is 0 Å². The molecule has 0 unspecified atom stereocenters. The van der Waals surface area contributed by atoms with Crippen molar-refractivity contribution < 1.29 is 9.18 Å². The van der Waals surface area contributed by atoms with Crippen molar-refractivity contribution in [2.24, 2.45) is 5.92 Å². The van der Waals surface area contributed by atoms with Gasteiger partial charge in [-0.15, -0.1) is 0 Å². The van der Waals surface area contributed by atoms with Crippen molar-refractivity contribution >= 4 is 11.6 Å². The highest BCUT2D eigenvalue weighted by Crippen LogP contribution is 2.22. The first-order valence-electron chi connectivity index (χ1n) is 7.34. The SMILES string of the molecule is CCC(CC)CN(CC)C(=O)c1cccc(F)c1NC. The third kappa shape index (κ3) is 3.71. The third-order valence-electron chi connectivity index (χ3n) is 3.80. The summed E-state index contributed by atoms with van der Waals surface area (Å²) in [5.74, 6) is -0.00863. The van der Waals surface area contributed by atoms with E-state index in [1.807, 2.05) is 6.92 Å². The Morgan fingerprint density at radius 1 is 1.30 bits per heavy atom. The average molecular weight is 280 g/mol. The zero-order valence-electron chi connectivity index (χ0n) is 12.9. The fraction of sp³-hybridized carbons (Fsp3) is 0.562. The van der Waals surface area contributed by atoms with E-state index >= 15 is 0 Å². The van der Waals surface area contributed by atoms with Gasteiger partial charge in [0, 0.05) is 20.1 Å². The summed E-state index contributed by atoms with van der Waals surface area (Å²) in [4.78, 5) is 14.4. The Morgan fingerprint density at radius 3 is 2.45 bits per heavy atom. The van der Waals surface area contributed by atoms with Crippen LogP contribution in [0.15, 0.2) is 18.2 Å². The summed E-state index contributed by atoms with van der Waals surface area (Å²) in [5.41, 5.74) is 0.681. The molecule has 0 aliphatic rings. The second-order valence-corrected chi connectivity index (χ2v) is 4.94. The number of para-hydroxylation sites is 1. The number of amides is 1. The van der Waals surface area contributed by atoms with Crippen molar-refractivity contribution in [2.75, 3.05) is 25.5 Å². The predicted molar refractivity (Wildman–Crippen MR) is 81.6 cm³/mol. The maximum atomic E-state index is 13.7. The molecule has 0 radical (unpaired) electrons. The maximum absolute atomic E-state index is 13.7. The Balaban J connectivity index is 2.99. The van der Waals surface area contributed by atoms with Crippen LogP contribution < -0.4 is 5.32 Å². The standard InChI is InChI=1S/C16H25FN2O/c1-5-12(6-2)11-19(7-3)16(20)13-9-8-10-14(17)15(13)18-4/h8-10,12,18H,5-7,11H2,1-4H3. The molecule has 0 spiro atoms. The lowest BCUT2D eigenvalue weighted by molar-refractivity contribution is 0.0735. The predicted octanol–water partition coefficient (Wildman–Crippen LogP) is 3.77. The van der Waals surface area contributed by atoms with Gasteiger partial charge in [0.15, 0.2) is 0 Å². The summed E-state index contributed by atoms with van der Waals surface area (Å²) in [6.07, 6.45) is 2.09. The van der Waals surface area contributed by atoms with Crippen molar-refractivity contribution in [2.45, 2.75) is 33.6 Å². The lowest BCUT2D eigenvalue weighted by Crippen LogP contribution is -2.35. The topological polar surface area (TPSA) is 32.3 Å². The van der Waals surface area contributed by atoms with Crippen molar-refractivity contribution in [3.63, 3.8) is 0 Å². The number of nitrogens with zero attached hydrogens (tertiary/aromatic N) is 1. The molecule has 4 heteroatoms. The quantitative estimate of drug-likeness (QED) is 0.824. The molecule has 0 fully saturated rings. The minimum absolute atomic E-state index is 0.108. The summed E-state index contributed by atoms with van der Waals surface area (Å²) < 4.78 is 13.7. The van der Waals surface area contributed by atoms with Gasteiger partial charge >= 0.3 is 0 Å². The second kappa shape index (κ2) is 7.88. The first-order valence-corrected chi connectivity index (χ1v) is 7.34. The van der Waals surface area contributed by atoms with E-state index in [-0.39, 0.29) is 11.6 Å². The van der Waals surface area contributed by atoms with E-state index in [4.69, 9.17) is 0 Å². The van der Waals surface area contributed by atoms with Gasteiger partial charge in [0.05, 0.1) is 11.3 Å². The number of hydrogen-bond donors (Lipinski definition) is 1. The number of anilines is 1. The van der Waals surface area contributed by atoms with Crippen LogP contribution >= 0.6 is 0 Å². The molecule has 3 nitrogen and oxygen atoms in total. The van der Waals surface area contributed by atoms with Crippen molar-refractivity contribution in [1.29, 1.82) is 0 Å². The van der Waals surface area contributed by atoms with Crippen LogP contribution in [-0.4, -0.2) is 30.9 Å². The van der Waals surface area contributed by atoms with Crippen LogP contribution in [0.5, 0.6) is 0 Å². The van der Waals surface area contributed by atoms with E-state index in [2.05, 4.69) is 19.2 Å². The zero-order valence-corrected chi connectivity index (χ0v) is 12.9. The molecule has 1 amide bonds. The summed E-state index contributed by atoms with van der Waals surface area (Å²) in [5, 5.41) is 2.78. The van der Waals surface area contributed by atoms with Crippen LogP contribution in [-0.2, 0) is 0 Å². The first-order chi connectivity index (χ1) is 9.58. The van der Waals surface area contributed by atoms with Gasteiger partial charge in [-0.3, -0.25) is 4.79 Å². The van der Waals surface area contributed by atoms with Crippen molar-refractivity contribution in [3.8, 4) is 0 Å². The van der Waals surface area contributed by atoms with E-state index in [1.165, 1.54) is 6.07 Å². The van der Waals surface area contributed by atoms with Crippen LogP contribution in [0.3, 0.4) is 0 Å². The molecule has 0 saturated heterocycles. The Hall–Kier alpha value is -1.58. The Labute approximate surface area is 121 Å². The molecule has 1 aromatic carbocycles. The molecule has 1 rings (SSSR count). The minimum Gasteiger partial charge on any atom is -0.385 e. The van der Waals surface area contributed by atoms with Gasteiger partial charge in [0.1, 0.15) is 5.82 Å². The maximum Gasteiger partial charge on any atom is 0.256 e. The number of benzene rings is 1. The molecule has 0 heterocycles. The van der Waals surface area contributed by atoms with E-state index in [0.29, 0.717) is 18.0 Å².